The summed E-state index contributed by atoms with van der Waals surface area (Å²) in [5.74, 6) is 0.703. The van der Waals surface area contributed by atoms with Crippen molar-refractivity contribution in [3.8, 4) is 0 Å². The van der Waals surface area contributed by atoms with Gasteiger partial charge in [0.05, 0.1) is 25.8 Å². The van der Waals surface area contributed by atoms with Gasteiger partial charge in [0.25, 0.3) is 5.56 Å². The van der Waals surface area contributed by atoms with Crippen LogP contribution in [0.4, 0.5) is 5.69 Å². The molecule has 1 saturated heterocycles. The number of nitrogens with one attached hydrogen (secondary N) is 1. The lowest BCUT2D eigenvalue weighted by Crippen LogP contribution is -2.51. The minimum Gasteiger partial charge on any atom is -0.377 e. The number of morpholine rings is 1. The van der Waals surface area contributed by atoms with Crippen molar-refractivity contribution >= 4 is 22.4 Å². The number of hydrogen-bond acceptors (Lipinski definition) is 4. The maximum atomic E-state index is 12.6. The maximum Gasteiger partial charge on any atom is 0.258 e. The fourth-order valence-electron chi connectivity index (χ4n) is 3.53. The number of aromatic nitrogens is 1. The van der Waals surface area contributed by atoms with E-state index in [1.807, 2.05) is 29.2 Å². The van der Waals surface area contributed by atoms with Crippen molar-refractivity contribution in [2.24, 2.45) is 13.0 Å². The molecule has 6 nitrogen and oxygen atoms in total. The van der Waals surface area contributed by atoms with Crippen LogP contribution in [0, 0.1) is 5.92 Å². The second kappa shape index (κ2) is 6.52. The van der Waals surface area contributed by atoms with Crippen molar-refractivity contribution in [3.63, 3.8) is 0 Å². The number of ether oxygens (including phenoxy) is 1. The van der Waals surface area contributed by atoms with E-state index in [2.05, 4.69) is 5.32 Å². The zero-order valence-corrected chi connectivity index (χ0v) is 14.4. The third-order valence-electron chi connectivity index (χ3n) is 5.18. The van der Waals surface area contributed by atoms with Crippen LogP contribution in [0.1, 0.15) is 12.8 Å². The van der Waals surface area contributed by atoms with E-state index < -0.39 is 0 Å². The molecule has 1 atom stereocenters. The molecule has 2 heterocycles. The molecule has 1 aliphatic heterocycles. The lowest BCUT2D eigenvalue weighted by molar-refractivity contribution is -0.138. The van der Waals surface area contributed by atoms with Crippen molar-refractivity contribution in [2.45, 2.75) is 18.9 Å². The molecule has 1 aromatic carbocycles. The van der Waals surface area contributed by atoms with E-state index >= 15 is 0 Å². The standard InChI is InChI=1S/C19H23N3O3/c1-21-7-6-13-4-5-15(10-16(13)19(21)24)20-11-18(23)22-8-9-25-12-17(22)14-2-3-14/h4-7,10,14,17,20H,2-3,8-9,11-12H2,1H3. The highest BCUT2D eigenvalue weighted by atomic mass is 16.5. The molecule has 0 spiro atoms. The van der Waals surface area contributed by atoms with Gasteiger partial charge in [0, 0.05) is 30.9 Å². The second-order valence-corrected chi connectivity index (χ2v) is 6.95. The number of rotatable bonds is 4. The molecule has 1 amide bonds. The Morgan fingerprint density at radius 2 is 2.16 bits per heavy atom. The van der Waals surface area contributed by atoms with Gasteiger partial charge in [-0.2, -0.15) is 0 Å². The molecular formula is C19H23N3O3. The maximum absolute atomic E-state index is 12.6. The Hall–Kier alpha value is -2.34. The first kappa shape index (κ1) is 16.1. The normalized spacial score (nSPS) is 20.7. The SMILES string of the molecule is Cn1ccc2ccc(NCC(=O)N3CCOCC3C3CC3)cc2c1=O. The van der Waals surface area contributed by atoms with E-state index in [0.29, 0.717) is 31.1 Å². The first-order valence-electron chi connectivity index (χ1n) is 8.84. The number of pyridine rings is 1. The van der Waals surface area contributed by atoms with Crippen LogP contribution in [0.2, 0.25) is 0 Å². The van der Waals surface area contributed by atoms with Crippen LogP contribution in [0.25, 0.3) is 10.8 Å². The summed E-state index contributed by atoms with van der Waals surface area (Å²) in [6.45, 7) is 2.17. The number of fused-ring (bicyclic) bond motifs is 1. The molecule has 0 radical (unpaired) electrons. The van der Waals surface area contributed by atoms with Gasteiger partial charge in [0.1, 0.15) is 0 Å². The molecule has 0 bridgehead atoms. The highest BCUT2D eigenvalue weighted by molar-refractivity contribution is 5.86. The fourth-order valence-corrected chi connectivity index (χ4v) is 3.53. The topological polar surface area (TPSA) is 63.6 Å². The Balaban J connectivity index is 1.47. The quantitative estimate of drug-likeness (QED) is 0.917. The molecule has 1 aliphatic carbocycles. The highest BCUT2D eigenvalue weighted by Gasteiger charge is 2.38. The number of benzene rings is 1. The summed E-state index contributed by atoms with van der Waals surface area (Å²) in [5, 5.41) is 4.74. The van der Waals surface area contributed by atoms with Crippen LogP contribution in [0.5, 0.6) is 0 Å². The van der Waals surface area contributed by atoms with Gasteiger partial charge in [-0.15, -0.1) is 0 Å². The van der Waals surface area contributed by atoms with Gasteiger partial charge in [-0.25, -0.2) is 0 Å². The molecular weight excluding hydrogens is 318 g/mol. The number of hydrogen-bond donors (Lipinski definition) is 1. The van der Waals surface area contributed by atoms with Gasteiger partial charge in [0.2, 0.25) is 5.91 Å². The van der Waals surface area contributed by atoms with Gasteiger partial charge in [-0.05, 0) is 42.3 Å². The molecule has 2 aliphatic rings. The fraction of sp³-hybridized carbons (Fsp3) is 0.474. The van der Waals surface area contributed by atoms with Crippen molar-refractivity contribution in [1.82, 2.24) is 9.47 Å². The van der Waals surface area contributed by atoms with Crippen LogP contribution in [0.3, 0.4) is 0 Å². The minimum absolute atomic E-state index is 0.0329. The number of anilines is 1. The number of carbonyl (C=O) groups is 1. The summed E-state index contributed by atoms with van der Waals surface area (Å²) in [6, 6.07) is 7.78. The first-order chi connectivity index (χ1) is 12.1. The summed E-state index contributed by atoms with van der Waals surface area (Å²) in [6.07, 6.45) is 4.15. The Bertz CT molecular complexity index is 857. The van der Waals surface area contributed by atoms with E-state index in [-0.39, 0.29) is 24.1 Å². The van der Waals surface area contributed by atoms with Crippen LogP contribution >= 0.6 is 0 Å². The predicted molar refractivity (Wildman–Crippen MR) is 96.7 cm³/mol. The summed E-state index contributed by atoms with van der Waals surface area (Å²) < 4.78 is 7.11. The molecule has 25 heavy (non-hydrogen) atoms. The van der Waals surface area contributed by atoms with Gasteiger partial charge in [-0.3, -0.25) is 9.59 Å². The van der Waals surface area contributed by atoms with Crippen LogP contribution in [0.15, 0.2) is 35.3 Å². The predicted octanol–water partition coefficient (Wildman–Crippen LogP) is 1.59. The molecule has 1 saturated carbocycles. The van der Waals surface area contributed by atoms with Crippen molar-refractivity contribution in [2.75, 3.05) is 31.6 Å². The molecule has 2 fully saturated rings. The smallest absolute Gasteiger partial charge is 0.258 e. The largest absolute Gasteiger partial charge is 0.377 e. The lowest BCUT2D eigenvalue weighted by atomic mass is 10.1. The molecule has 1 N–H and O–H groups in total. The monoisotopic (exact) mass is 341 g/mol. The zero-order chi connectivity index (χ0) is 17.4. The minimum atomic E-state index is -0.0329. The molecule has 1 unspecified atom stereocenters. The third-order valence-corrected chi connectivity index (χ3v) is 5.18. The summed E-state index contributed by atoms with van der Waals surface area (Å²) in [4.78, 5) is 26.8. The van der Waals surface area contributed by atoms with Crippen molar-refractivity contribution in [1.29, 1.82) is 0 Å². The number of amides is 1. The van der Waals surface area contributed by atoms with E-state index in [1.54, 1.807) is 17.8 Å². The first-order valence-corrected chi connectivity index (χ1v) is 8.84. The molecule has 1 aromatic heterocycles. The number of nitrogens with zero attached hydrogens (tertiary/aromatic N) is 2. The van der Waals surface area contributed by atoms with E-state index in [4.69, 9.17) is 4.74 Å². The van der Waals surface area contributed by atoms with E-state index in [1.165, 1.54) is 12.8 Å². The Morgan fingerprint density at radius 1 is 1.32 bits per heavy atom. The van der Waals surface area contributed by atoms with Gasteiger partial charge >= 0.3 is 0 Å². The molecule has 132 valence electrons. The summed E-state index contributed by atoms with van der Waals surface area (Å²) in [5.41, 5.74) is 0.759. The second-order valence-electron chi connectivity index (χ2n) is 6.95. The van der Waals surface area contributed by atoms with E-state index in [0.717, 1.165) is 11.1 Å². The Labute approximate surface area is 146 Å². The van der Waals surface area contributed by atoms with Crippen molar-refractivity contribution < 1.29 is 9.53 Å². The molecule has 6 heteroatoms. The Morgan fingerprint density at radius 3 is 2.96 bits per heavy atom. The molecule has 4 rings (SSSR count). The average molecular weight is 341 g/mol. The van der Waals surface area contributed by atoms with Crippen LogP contribution < -0.4 is 10.9 Å². The highest BCUT2D eigenvalue weighted by Crippen LogP contribution is 2.36. The van der Waals surface area contributed by atoms with Gasteiger partial charge < -0.3 is 19.5 Å². The number of carbonyl (C=O) groups excluding carboxylic acids is 1. The van der Waals surface area contributed by atoms with Crippen LogP contribution in [-0.4, -0.2) is 47.7 Å². The molecule has 2 aromatic rings. The zero-order valence-electron chi connectivity index (χ0n) is 14.4. The summed E-state index contributed by atoms with van der Waals surface area (Å²) >= 11 is 0. The van der Waals surface area contributed by atoms with E-state index in [9.17, 15) is 9.59 Å². The van der Waals surface area contributed by atoms with Crippen molar-refractivity contribution in [3.05, 3.63) is 40.8 Å². The van der Waals surface area contributed by atoms with Gasteiger partial charge in [0.15, 0.2) is 0 Å². The third kappa shape index (κ3) is 3.26. The van der Waals surface area contributed by atoms with Gasteiger partial charge in [-0.1, -0.05) is 6.07 Å². The number of aryl methyl sites for hydroxylation is 1. The van der Waals surface area contributed by atoms with Crippen LogP contribution in [-0.2, 0) is 16.6 Å². The average Bonchev–Trinajstić information content (AvgIpc) is 3.48. The lowest BCUT2D eigenvalue weighted by Gasteiger charge is -2.36. The Kier molecular flexibility index (Phi) is 4.21. The summed E-state index contributed by atoms with van der Waals surface area (Å²) in [7, 11) is 1.74.